The average Bonchev–Trinajstić information content (AvgIpc) is 2.40. The van der Waals surface area contributed by atoms with Crippen LogP contribution < -0.4 is 10.0 Å². The molecular weight excluding hydrogens is 264 g/mol. The molecule has 0 bridgehead atoms. The van der Waals surface area contributed by atoms with Crippen LogP contribution in [0.5, 0.6) is 0 Å². The van der Waals surface area contributed by atoms with E-state index in [1.807, 2.05) is 6.92 Å². The van der Waals surface area contributed by atoms with Crippen molar-refractivity contribution in [3.63, 3.8) is 0 Å². The van der Waals surface area contributed by atoms with Gasteiger partial charge in [0, 0.05) is 18.9 Å². The topological polar surface area (TPSA) is 84.0 Å². The Kier molecular flexibility index (Phi) is 3.96. The van der Waals surface area contributed by atoms with Gasteiger partial charge in [0.15, 0.2) is 0 Å². The minimum Gasteiger partial charge on any atom is -0.370 e. The van der Waals surface area contributed by atoms with Gasteiger partial charge >= 0.3 is 0 Å². The molecule has 7 heteroatoms. The molecule has 2 heterocycles. The highest BCUT2D eigenvalue weighted by Gasteiger charge is 2.14. The van der Waals surface area contributed by atoms with Crippen molar-refractivity contribution >= 4 is 21.5 Å². The van der Waals surface area contributed by atoms with E-state index in [2.05, 4.69) is 20.0 Å². The van der Waals surface area contributed by atoms with Crippen LogP contribution in [0.25, 0.3) is 0 Å². The van der Waals surface area contributed by atoms with E-state index in [1.165, 1.54) is 18.5 Å². The largest absolute Gasteiger partial charge is 0.370 e. The average molecular weight is 278 g/mol. The molecule has 0 unspecified atom stereocenters. The Labute approximate surface area is 112 Å². The molecule has 2 rings (SSSR count). The summed E-state index contributed by atoms with van der Waals surface area (Å²) in [6.45, 7) is 2.67. The molecule has 6 nitrogen and oxygen atoms in total. The van der Waals surface area contributed by atoms with Crippen molar-refractivity contribution in [2.24, 2.45) is 0 Å². The second kappa shape index (κ2) is 5.66. The van der Waals surface area contributed by atoms with E-state index in [0.717, 1.165) is 6.54 Å². The second-order valence-corrected chi connectivity index (χ2v) is 5.44. The van der Waals surface area contributed by atoms with Crippen molar-refractivity contribution in [2.45, 2.75) is 11.8 Å². The Balaban J connectivity index is 2.20. The van der Waals surface area contributed by atoms with Crippen LogP contribution in [0.15, 0.2) is 47.8 Å². The van der Waals surface area contributed by atoms with Crippen molar-refractivity contribution in [2.75, 3.05) is 16.6 Å². The highest BCUT2D eigenvalue weighted by atomic mass is 32.2. The van der Waals surface area contributed by atoms with Crippen molar-refractivity contribution in [1.82, 2.24) is 9.97 Å². The standard InChI is InChI=1S/C12H14N4O2S/c1-2-14-12-6-5-11(9-15-12)19(17,18)16-10-4-3-7-13-8-10/h3-9,16H,2H2,1H3,(H,14,15). The summed E-state index contributed by atoms with van der Waals surface area (Å²) in [5.74, 6) is 0.642. The summed E-state index contributed by atoms with van der Waals surface area (Å²) in [7, 11) is -3.63. The van der Waals surface area contributed by atoms with Crippen molar-refractivity contribution in [1.29, 1.82) is 0 Å². The lowest BCUT2D eigenvalue weighted by Gasteiger charge is -2.08. The van der Waals surface area contributed by atoms with E-state index in [-0.39, 0.29) is 4.90 Å². The fourth-order valence-corrected chi connectivity index (χ4v) is 2.45. The van der Waals surface area contributed by atoms with Crippen molar-refractivity contribution in [3.05, 3.63) is 42.9 Å². The molecule has 0 fully saturated rings. The number of sulfonamides is 1. The minimum absolute atomic E-state index is 0.109. The first-order chi connectivity index (χ1) is 9.12. The van der Waals surface area contributed by atoms with Crippen LogP contribution in [0.4, 0.5) is 11.5 Å². The third-order valence-electron chi connectivity index (χ3n) is 2.32. The summed E-state index contributed by atoms with van der Waals surface area (Å²) in [6.07, 6.45) is 4.33. The molecule has 2 aromatic heterocycles. The molecular formula is C12H14N4O2S. The van der Waals surface area contributed by atoms with Crippen LogP contribution in [0.2, 0.25) is 0 Å². The lowest BCUT2D eigenvalue weighted by molar-refractivity contribution is 0.601. The summed E-state index contributed by atoms with van der Waals surface area (Å²) in [5, 5.41) is 3.00. The number of hydrogen-bond donors (Lipinski definition) is 2. The molecule has 0 aromatic carbocycles. The predicted molar refractivity (Wildman–Crippen MR) is 73.4 cm³/mol. The van der Waals surface area contributed by atoms with Gasteiger partial charge in [0.1, 0.15) is 10.7 Å². The first-order valence-electron chi connectivity index (χ1n) is 5.74. The minimum atomic E-state index is -3.63. The number of aromatic nitrogens is 2. The molecule has 0 atom stereocenters. The summed E-state index contributed by atoms with van der Waals surface area (Å²) < 4.78 is 26.6. The Bertz CT molecular complexity index is 627. The molecule has 100 valence electrons. The van der Waals surface area contributed by atoms with Crippen molar-refractivity contribution < 1.29 is 8.42 Å². The number of nitrogens with zero attached hydrogens (tertiary/aromatic N) is 2. The third-order valence-corrected chi connectivity index (χ3v) is 3.68. The maximum absolute atomic E-state index is 12.1. The van der Waals surface area contributed by atoms with E-state index >= 15 is 0 Å². The molecule has 2 aromatic rings. The van der Waals surface area contributed by atoms with Crippen LogP contribution in [0.3, 0.4) is 0 Å². The van der Waals surface area contributed by atoms with Gasteiger partial charge in [-0.1, -0.05) is 0 Å². The van der Waals surface area contributed by atoms with Gasteiger partial charge in [-0.2, -0.15) is 0 Å². The Morgan fingerprint density at radius 2 is 2.05 bits per heavy atom. The fourth-order valence-electron chi connectivity index (χ4n) is 1.46. The molecule has 0 saturated heterocycles. The summed E-state index contributed by atoms with van der Waals surface area (Å²) >= 11 is 0. The lowest BCUT2D eigenvalue weighted by Crippen LogP contribution is -2.13. The molecule has 0 saturated carbocycles. The maximum Gasteiger partial charge on any atom is 0.263 e. The zero-order valence-corrected chi connectivity index (χ0v) is 11.2. The van der Waals surface area contributed by atoms with Gasteiger partial charge in [-0.25, -0.2) is 13.4 Å². The molecule has 19 heavy (non-hydrogen) atoms. The second-order valence-electron chi connectivity index (χ2n) is 3.76. The van der Waals surface area contributed by atoms with E-state index in [9.17, 15) is 8.42 Å². The molecule has 0 spiro atoms. The molecule has 0 radical (unpaired) electrons. The number of rotatable bonds is 5. The van der Waals surface area contributed by atoms with E-state index in [0.29, 0.717) is 11.5 Å². The Morgan fingerprint density at radius 1 is 1.21 bits per heavy atom. The van der Waals surface area contributed by atoms with Gasteiger partial charge < -0.3 is 5.32 Å². The predicted octanol–water partition coefficient (Wildman–Crippen LogP) is 1.71. The SMILES string of the molecule is CCNc1ccc(S(=O)(=O)Nc2cccnc2)cn1. The van der Waals surface area contributed by atoms with E-state index < -0.39 is 10.0 Å². The third kappa shape index (κ3) is 3.41. The van der Waals surface area contributed by atoms with E-state index in [4.69, 9.17) is 0 Å². The zero-order chi connectivity index (χ0) is 13.7. The number of anilines is 2. The zero-order valence-electron chi connectivity index (χ0n) is 10.4. The number of pyridine rings is 2. The van der Waals surface area contributed by atoms with Gasteiger partial charge in [0.25, 0.3) is 10.0 Å². The molecule has 2 N–H and O–H groups in total. The Morgan fingerprint density at radius 3 is 2.63 bits per heavy atom. The van der Waals surface area contributed by atoms with E-state index in [1.54, 1.807) is 24.4 Å². The fraction of sp³-hybridized carbons (Fsp3) is 0.167. The molecule has 0 amide bonds. The number of nitrogens with one attached hydrogen (secondary N) is 2. The summed E-state index contributed by atoms with van der Waals surface area (Å²) in [6, 6.07) is 6.42. The monoisotopic (exact) mass is 278 g/mol. The molecule has 0 aliphatic rings. The Hall–Kier alpha value is -2.15. The maximum atomic E-state index is 12.1. The first kappa shape index (κ1) is 13.3. The van der Waals surface area contributed by atoms with Gasteiger partial charge in [-0.15, -0.1) is 0 Å². The van der Waals surface area contributed by atoms with Gasteiger partial charge in [0.05, 0.1) is 11.9 Å². The van der Waals surface area contributed by atoms with Crippen LogP contribution in [0, 0.1) is 0 Å². The van der Waals surface area contributed by atoms with Gasteiger partial charge in [0.2, 0.25) is 0 Å². The summed E-state index contributed by atoms with van der Waals surface area (Å²) in [5.41, 5.74) is 0.415. The molecule has 0 aliphatic heterocycles. The van der Waals surface area contributed by atoms with Crippen LogP contribution >= 0.6 is 0 Å². The normalized spacial score (nSPS) is 11.0. The van der Waals surface area contributed by atoms with Crippen LogP contribution in [0.1, 0.15) is 6.92 Å². The lowest BCUT2D eigenvalue weighted by atomic mass is 10.4. The molecule has 0 aliphatic carbocycles. The highest BCUT2D eigenvalue weighted by Crippen LogP contribution is 2.15. The van der Waals surface area contributed by atoms with Gasteiger partial charge in [-0.3, -0.25) is 9.71 Å². The summed E-state index contributed by atoms with van der Waals surface area (Å²) in [4.78, 5) is 7.99. The highest BCUT2D eigenvalue weighted by molar-refractivity contribution is 7.92. The van der Waals surface area contributed by atoms with Crippen molar-refractivity contribution in [3.8, 4) is 0 Å². The number of hydrogen-bond acceptors (Lipinski definition) is 5. The first-order valence-corrected chi connectivity index (χ1v) is 7.23. The smallest absolute Gasteiger partial charge is 0.263 e. The van der Waals surface area contributed by atoms with Crippen LogP contribution in [-0.2, 0) is 10.0 Å². The quantitative estimate of drug-likeness (QED) is 0.869. The van der Waals surface area contributed by atoms with Gasteiger partial charge in [-0.05, 0) is 31.2 Å². The van der Waals surface area contributed by atoms with Crippen LogP contribution in [-0.4, -0.2) is 24.9 Å².